The highest BCUT2D eigenvalue weighted by Gasteiger charge is 2.21. The molecule has 0 bridgehead atoms. The molecule has 0 N–H and O–H groups in total. The van der Waals surface area contributed by atoms with Gasteiger partial charge in [-0.25, -0.2) is 4.98 Å². The van der Waals surface area contributed by atoms with Crippen LogP contribution in [0.15, 0.2) is 119 Å². The van der Waals surface area contributed by atoms with Gasteiger partial charge in [0.25, 0.3) is 0 Å². The summed E-state index contributed by atoms with van der Waals surface area (Å²) >= 11 is 1.84. The first-order valence-corrected chi connectivity index (χ1v) is 13.5. The highest BCUT2D eigenvalue weighted by atomic mass is 32.2. The molecule has 1 aliphatic rings. The lowest BCUT2D eigenvalue weighted by atomic mass is 10.1. The number of nitrogens with zero attached hydrogens (tertiary/aromatic N) is 4. The van der Waals surface area contributed by atoms with Gasteiger partial charge in [0.1, 0.15) is 0 Å². The van der Waals surface area contributed by atoms with E-state index in [1.807, 2.05) is 72.4 Å². The first kappa shape index (κ1) is 22.7. The molecule has 0 amide bonds. The van der Waals surface area contributed by atoms with Crippen LogP contribution >= 0.6 is 11.8 Å². The van der Waals surface area contributed by atoms with Crippen molar-refractivity contribution in [3.8, 4) is 28.7 Å². The standard InChI is InChI=1S/C33H24N4S/c1-21-17-18-23-19-20-28-29(30(23)38-22(21)2)26-15-9-10-16-27(26)37(28)33-35-31(24-11-5-3-6-12-24)34-32(36-33)25-13-7-4-8-14-25/h3-20H,1-2H3. The van der Waals surface area contributed by atoms with Crippen LogP contribution in [0.1, 0.15) is 19.4 Å². The second-order valence-electron chi connectivity index (χ2n) is 9.42. The minimum absolute atomic E-state index is 0.612. The lowest BCUT2D eigenvalue weighted by Crippen LogP contribution is -2.06. The molecule has 0 unspecified atom stereocenters. The number of aromatic nitrogens is 4. The first-order chi connectivity index (χ1) is 18.7. The van der Waals surface area contributed by atoms with Crippen LogP contribution < -0.4 is 0 Å². The quantitative estimate of drug-likeness (QED) is 0.240. The molecular weight excluding hydrogens is 484 g/mol. The second-order valence-corrected chi connectivity index (χ2v) is 10.6. The lowest BCUT2D eigenvalue weighted by Gasteiger charge is -2.11. The fraction of sp³-hybridized carbons (Fsp3) is 0.0606. The molecule has 3 heterocycles. The van der Waals surface area contributed by atoms with Crippen LogP contribution in [0.25, 0.3) is 56.6 Å². The molecule has 0 saturated heterocycles. The predicted octanol–water partition coefficient (Wildman–Crippen LogP) is 8.72. The monoisotopic (exact) mass is 508 g/mol. The van der Waals surface area contributed by atoms with Crippen molar-refractivity contribution in [3.63, 3.8) is 0 Å². The Labute approximate surface area is 225 Å². The molecule has 182 valence electrons. The molecule has 2 aromatic heterocycles. The van der Waals surface area contributed by atoms with Crippen molar-refractivity contribution in [2.75, 3.05) is 0 Å². The molecule has 4 aromatic carbocycles. The summed E-state index contributed by atoms with van der Waals surface area (Å²) in [6.45, 7) is 4.37. The van der Waals surface area contributed by atoms with E-state index in [1.54, 1.807) is 0 Å². The van der Waals surface area contributed by atoms with E-state index in [2.05, 4.69) is 67.0 Å². The van der Waals surface area contributed by atoms with Crippen LogP contribution in [0, 0.1) is 0 Å². The van der Waals surface area contributed by atoms with E-state index in [9.17, 15) is 0 Å². The van der Waals surface area contributed by atoms with E-state index in [0.29, 0.717) is 17.6 Å². The van der Waals surface area contributed by atoms with Gasteiger partial charge in [-0.1, -0.05) is 109 Å². The Morgan fingerprint density at radius 3 is 1.92 bits per heavy atom. The maximum Gasteiger partial charge on any atom is 0.238 e. The maximum atomic E-state index is 5.04. The molecule has 4 nitrogen and oxygen atoms in total. The van der Waals surface area contributed by atoms with Gasteiger partial charge in [0.15, 0.2) is 11.6 Å². The number of benzene rings is 4. The van der Waals surface area contributed by atoms with Crippen LogP contribution in [-0.2, 0) is 0 Å². The molecule has 5 heteroatoms. The Balaban J connectivity index is 1.56. The SMILES string of the molecule is CC1=C(C)Sc2c(ccc3c2c2ccccc2n3-c2nc(-c3ccccc3)nc(-c3ccccc3)n2)C=C1. The summed E-state index contributed by atoms with van der Waals surface area (Å²) in [5.74, 6) is 1.92. The fourth-order valence-corrected chi connectivity index (χ4v) is 6.07. The van der Waals surface area contributed by atoms with E-state index in [1.165, 1.54) is 31.7 Å². The van der Waals surface area contributed by atoms with Crippen molar-refractivity contribution in [2.24, 2.45) is 0 Å². The molecule has 0 fully saturated rings. The van der Waals surface area contributed by atoms with Crippen molar-refractivity contribution in [1.29, 1.82) is 0 Å². The Morgan fingerprint density at radius 1 is 0.605 bits per heavy atom. The predicted molar refractivity (Wildman–Crippen MR) is 158 cm³/mol. The number of hydrogen-bond acceptors (Lipinski definition) is 4. The van der Waals surface area contributed by atoms with Gasteiger partial charge in [-0.15, -0.1) is 0 Å². The van der Waals surface area contributed by atoms with Crippen molar-refractivity contribution in [3.05, 3.63) is 119 Å². The van der Waals surface area contributed by atoms with E-state index >= 15 is 0 Å². The molecule has 7 rings (SSSR count). The van der Waals surface area contributed by atoms with Crippen LogP contribution in [0.4, 0.5) is 0 Å². The minimum atomic E-state index is 0.612. The van der Waals surface area contributed by atoms with Crippen molar-refractivity contribution in [2.45, 2.75) is 18.7 Å². The lowest BCUT2D eigenvalue weighted by molar-refractivity contribution is 0.953. The van der Waals surface area contributed by atoms with Gasteiger partial charge in [0.2, 0.25) is 5.95 Å². The van der Waals surface area contributed by atoms with Gasteiger partial charge in [-0.05, 0) is 42.0 Å². The fourth-order valence-electron chi connectivity index (χ4n) is 4.96. The summed E-state index contributed by atoms with van der Waals surface area (Å²) in [4.78, 5) is 17.5. The number of fused-ring (bicyclic) bond motifs is 5. The Hall–Kier alpha value is -4.48. The Bertz CT molecular complexity index is 1840. The Morgan fingerprint density at radius 2 is 1.24 bits per heavy atom. The summed E-state index contributed by atoms with van der Waals surface area (Å²) < 4.78 is 2.19. The highest BCUT2D eigenvalue weighted by molar-refractivity contribution is 8.03. The number of rotatable bonds is 3. The number of thioether (sulfide) groups is 1. The third-order valence-electron chi connectivity index (χ3n) is 7.03. The second kappa shape index (κ2) is 9.12. The normalized spacial score (nSPS) is 13.2. The van der Waals surface area contributed by atoms with E-state index in [4.69, 9.17) is 15.0 Å². The summed E-state index contributed by atoms with van der Waals surface area (Å²) in [6, 6.07) is 33.2. The smallest absolute Gasteiger partial charge is 0.238 e. The maximum absolute atomic E-state index is 5.04. The summed E-state index contributed by atoms with van der Waals surface area (Å²) in [5, 5.41) is 2.42. The molecule has 0 spiro atoms. The zero-order valence-electron chi connectivity index (χ0n) is 21.1. The van der Waals surface area contributed by atoms with Crippen molar-refractivity contribution in [1.82, 2.24) is 19.5 Å². The summed E-state index contributed by atoms with van der Waals surface area (Å²) in [7, 11) is 0. The molecule has 0 saturated carbocycles. The largest absolute Gasteiger partial charge is 0.278 e. The number of allylic oxidation sites excluding steroid dienone is 3. The zero-order chi connectivity index (χ0) is 25.6. The topological polar surface area (TPSA) is 43.6 Å². The van der Waals surface area contributed by atoms with E-state index in [-0.39, 0.29) is 0 Å². The molecule has 38 heavy (non-hydrogen) atoms. The number of hydrogen-bond donors (Lipinski definition) is 0. The van der Waals surface area contributed by atoms with Crippen molar-refractivity contribution < 1.29 is 0 Å². The van der Waals surface area contributed by atoms with Crippen LogP contribution in [0.5, 0.6) is 0 Å². The summed E-state index contributed by atoms with van der Waals surface area (Å²) in [6.07, 6.45) is 4.44. The average Bonchev–Trinajstić information content (AvgIpc) is 3.24. The van der Waals surface area contributed by atoms with Gasteiger partial charge >= 0.3 is 0 Å². The third kappa shape index (κ3) is 3.75. The zero-order valence-corrected chi connectivity index (χ0v) is 21.9. The van der Waals surface area contributed by atoms with Crippen LogP contribution in [0.3, 0.4) is 0 Å². The molecule has 0 radical (unpaired) electrons. The van der Waals surface area contributed by atoms with Gasteiger partial charge < -0.3 is 0 Å². The van der Waals surface area contributed by atoms with Crippen molar-refractivity contribution >= 4 is 39.6 Å². The number of para-hydroxylation sites is 1. The summed E-state index contributed by atoms with van der Waals surface area (Å²) in [5.41, 5.74) is 6.60. The van der Waals surface area contributed by atoms with E-state index in [0.717, 1.165) is 22.2 Å². The van der Waals surface area contributed by atoms with Crippen LogP contribution in [-0.4, -0.2) is 19.5 Å². The van der Waals surface area contributed by atoms with Gasteiger partial charge in [0, 0.05) is 26.8 Å². The first-order valence-electron chi connectivity index (χ1n) is 12.6. The molecule has 0 atom stereocenters. The molecule has 1 aliphatic heterocycles. The molecule has 6 aromatic rings. The van der Waals surface area contributed by atoms with Gasteiger partial charge in [-0.3, -0.25) is 4.57 Å². The van der Waals surface area contributed by atoms with Crippen LogP contribution in [0.2, 0.25) is 0 Å². The van der Waals surface area contributed by atoms with E-state index < -0.39 is 0 Å². The molecule has 0 aliphatic carbocycles. The average molecular weight is 509 g/mol. The van der Waals surface area contributed by atoms with Gasteiger partial charge in [0.05, 0.1) is 11.0 Å². The highest BCUT2D eigenvalue weighted by Crippen LogP contribution is 2.44. The minimum Gasteiger partial charge on any atom is -0.278 e. The third-order valence-corrected chi connectivity index (χ3v) is 8.30. The van der Waals surface area contributed by atoms with Gasteiger partial charge in [-0.2, -0.15) is 9.97 Å². The Kier molecular flexibility index (Phi) is 5.45. The molecular formula is C33H24N4S.